The molecule has 2 unspecified atom stereocenters. The number of imide groups is 1. The molecule has 2 atom stereocenters. The quantitative estimate of drug-likeness (QED) is 0.700. The molecule has 4 rings (SSSR count). The first-order valence-corrected chi connectivity index (χ1v) is 9.26. The lowest BCUT2D eigenvalue weighted by Crippen LogP contribution is -2.59. The number of carbonyl (C=O) groups is 3. The van der Waals surface area contributed by atoms with E-state index in [1.165, 1.54) is 6.42 Å². The summed E-state index contributed by atoms with van der Waals surface area (Å²) in [5.74, 6) is -0.109. The van der Waals surface area contributed by atoms with Gasteiger partial charge in [-0.15, -0.1) is 0 Å². The first-order chi connectivity index (χ1) is 12.5. The summed E-state index contributed by atoms with van der Waals surface area (Å²) in [6.45, 7) is 0. The molecule has 3 N–H and O–H groups in total. The van der Waals surface area contributed by atoms with Crippen LogP contribution in [-0.4, -0.2) is 35.5 Å². The summed E-state index contributed by atoms with van der Waals surface area (Å²) in [4.78, 5) is 36.4. The Morgan fingerprint density at radius 2 is 2.04 bits per heavy atom. The maximum atomic E-state index is 12.7. The third-order valence-electron chi connectivity index (χ3n) is 5.47. The topological polar surface area (TPSA) is 96.5 Å². The Morgan fingerprint density at radius 3 is 2.65 bits per heavy atom. The largest absolute Gasteiger partial charge is 0.490 e. The molecule has 0 bridgehead atoms. The van der Waals surface area contributed by atoms with Crippen molar-refractivity contribution in [3.63, 3.8) is 0 Å². The highest BCUT2D eigenvalue weighted by Crippen LogP contribution is 2.33. The van der Waals surface area contributed by atoms with Gasteiger partial charge in [0.05, 0.1) is 22.7 Å². The highest BCUT2D eigenvalue weighted by Gasteiger charge is 2.55. The number of nitrogens with one attached hydrogen (secondary N) is 3. The number of amides is 4. The number of ether oxygens (including phenoxy) is 1. The molecule has 1 aromatic rings. The van der Waals surface area contributed by atoms with E-state index in [0.717, 1.165) is 19.3 Å². The van der Waals surface area contributed by atoms with Gasteiger partial charge in [0.1, 0.15) is 11.3 Å². The lowest BCUT2D eigenvalue weighted by molar-refractivity contribution is -0.124. The maximum Gasteiger partial charge on any atom is 0.322 e. The molecule has 0 radical (unpaired) electrons. The summed E-state index contributed by atoms with van der Waals surface area (Å²) in [5, 5.41) is 8.09. The van der Waals surface area contributed by atoms with E-state index in [2.05, 4.69) is 16.0 Å². The molecule has 0 aromatic heterocycles. The van der Waals surface area contributed by atoms with Crippen molar-refractivity contribution in [2.75, 3.05) is 0 Å². The normalized spacial score (nSPS) is 27.8. The van der Waals surface area contributed by atoms with Crippen LogP contribution in [0.1, 0.15) is 48.9 Å². The predicted molar refractivity (Wildman–Crippen MR) is 94.2 cm³/mol. The average molecular weight is 378 g/mol. The Labute approximate surface area is 155 Å². The van der Waals surface area contributed by atoms with Crippen LogP contribution in [0.25, 0.3) is 0 Å². The summed E-state index contributed by atoms with van der Waals surface area (Å²) in [6, 6.07) is 4.01. The molecule has 1 aliphatic heterocycles. The Bertz CT molecular complexity index is 780. The van der Waals surface area contributed by atoms with Crippen molar-refractivity contribution in [1.82, 2.24) is 16.0 Å². The van der Waals surface area contributed by atoms with Crippen LogP contribution in [0.3, 0.4) is 0 Å². The summed E-state index contributed by atoms with van der Waals surface area (Å²) in [6.07, 6.45) is 5.33. The highest BCUT2D eigenvalue weighted by atomic mass is 35.5. The second-order valence-electron chi connectivity index (χ2n) is 7.11. The van der Waals surface area contributed by atoms with Gasteiger partial charge in [-0.1, -0.05) is 11.6 Å². The van der Waals surface area contributed by atoms with E-state index in [0.29, 0.717) is 29.2 Å². The van der Waals surface area contributed by atoms with Gasteiger partial charge < -0.3 is 15.4 Å². The molecule has 138 valence electrons. The molecule has 4 amide bonds. The van der Waals surface area contributed by atoms with Gasteiger partial charge in [0.2, 0.25) is 0 Å². The second-order valence-corrected chi connectivity index (χ2v) is 7.52. The van der Waals surface area contributed by atoms with Crippen LogP contribution in [0, 0.1) is 0 Å². The van der Waals surface area contributed by atoms with E-state index >= 15 is 0 Å². The van der Waals surface area contributed by atoms with Gasteiger partial charge in [-0.05, 0) is 56.7 Å². The van der Waals surface area contributed by atoms with Crippen molar-refractivity contribution in [1.29, 1.82) is 0 Å². The summed E-state index contributed by atoms with van der Waals surface area (Å²) in [5.41, 5.74) is -0.744. The van der Waals surface area contributed by atoms with Crippen molar-refractivity contribution in [3.05, 3.63) is 28.8 Å². The van der Waals surface area contributed by atoms with E-state index < -0.39 is 17.6 Å². The molecule has 8 heteroatoms. The van der Waals surface area contributed by atoms with Gasteiger partial charge >= 0.3 is 6.03 Å². The smallest absolute Gasteiger partial charge is 0.322 e. The van der Waals surface area contributed by atoms with Gasteiger partial charge in [0, 0.05) is 0 Å². The van der Waals surface area contributed by atoms with Crippen molar-refractivity contribution in [2.24, 2.45) is 0 Å². The first-order valence-electron chi connectivity index (χ1n) is 8.88. The van der Waals surface area contributed by atoms with Crippen LogP contribution in [0.4, 0.5) is 4.79 Å². The summed E-state index contributed by atoms with van der Waals surface area (Å²) >= 11 is 6.27. The lowest BCUT2D eigenvalue weighted by atomic mass is 9.93. The number of carbonyl (C=O) groups excluding carboxylic acids is 3. The first kappa shape index (κ1) is 17.1. The van der Waals surface area contributed by atoms with Crippen LogP contribution < -0.4 is 20.7 Å². The zero-order valence-electron chi connectivity index (χ0n) is 14.1. The summed E-state index contributed by atoms with van der Waals surface area (Å²) in [7, 11) is 0. The molecule has 3 aliphatic rings. The van der Waals surface area contributed by atoms with E-state index in [-0.39, 0.29) is 17.9 Å². The van der Waals surface area contributed by atoms with E-state index in [1.807, 2.05) is 0 Å². The molecule has 7 nitrogen and oxygen atoms in total. The van der Waals surface area contributed by atoms with Crippen LogP contribution >= 0.6 is 11.6 Å². The SMILES string of the molecule is O=C1NC(=O)C2(CCCC2NC(=O)c2ccc(OC3CCC3)cc2Cl)N1. The van der Waals surface area contributed by atoms with Crippen molar-refractivity contribution < 1.29 is 19.1 Å². The number of hydrogen-bond acceptors (Lipinski definition) is 4. The molecule has 26 heavy (non-hydrogen) atoms. The molecule has 3 fully saturated rings. The van der Waals surface area contributed by atoms with E-state index in [1.54, 1.807) is 18.2 Å². The number of halogens is 1. The Kier molecular flexibility index (Phi) is 4.26. The number of hydrogen-bond donors (Lipinski definition) is 3. The van der Waals surface area contributed by atoms with Gasteiger partial charge in [-0.25, -0.2) is 4.79 Å². The molecule has 1 spiro atoms. The lowest BCUT2D eigenvalue weighted by Gasteiger charge is -2.29. The fourth-order valence-corrected chi connectivity index (χ4v) is 4.05. The average Bonchev–Trinajstić information content (AvgIpc) is 3.07. The number of rotatable bonds is 4. The zero-order valence-corrected chi connectivity index (χ0v) is 14.9. The number of benzene rings is 1. The van der Waals surface area contributed by atoms with Crippen molar-refractivity contribution >= 4 is 29.4 Å². The minimum atomic E-state index is -1.06. The third kappa shape index (κ3) is 2.90. The van der Waals surface area contributed by atoms with Gasteiger partial charge in [0.15, 0.2) is 0 Å². The summed E-state index contributed by atoms with van der Waals surface area (Å²) < 4.78 is 5.78. The molecule has 1 aromatic carbocycles. The van der Waals surface area contributed by atoms with Crippen LogP contribution in [-0.2, 0) is 4.79 Å². The van der Waals surface area contributed by atoms with Crippen LogP contribution in [0.2, 0.25) is 5.02 Å². The minimum Gasteiger partial charge on any atom is -0.490 e. The molecular formula is C18H20ClN3O4. The third-order valence-corrected chi connectivity index (χ3v) is 5.79. The van der Waals surface area contributed by atoms with Gasteiger partial charge in [0.25, 0.3) is 11.8 Å². The zero-order chi connectivity index (χ0) is 18.3. The Morgan fingerprint density at radius 1 is 1.23 bits per heavy atom. The molecule has 1 saturated heterocycles. The molecular weight excluding hydrogens is 358 g/mol. The van der Waals surface area contributed by atoms with Gasteiger partial charge in [-0.3, -0.25) is 14.9 Å². The highest BCUT2D eigenvalue weighted by molar-refractivity contribution is 6.34. The van der Waals surface area contributed by atoms with Gasteiger partial charge in [-0.2, -0.15) is 0 Å². The van der Waals surface area contributed by atoms with E-state index in [9.17, 15) is 14.4 Å². The monoisotopic (exact) mass is 377 g/mol. The standard InChI is InChI=1S/C18H20ClN3O4/c19-13-9-11(26-10-3-1-4-10)6-7-12(13)15(23)20-14-5-2-8-18(14)16(24)21-17(25)22-18/h6-7,9-10,14H,1-5,8H2,(H,20,23)(H2,21,22,24,25). The number of urea groups is 1. The fraction of sp³-hybridized carbons (Fsp3) is 0.500. The maximum absolute atomic E-state index is 12.7. The van der Waals surface area contributed by atoms with Crippen LogP contribution in [0.5, 0.6) is 5.75 Å². The fourth-order valence-electron chi connectivity index (χ4n) is 3.80. The molecule has 1 heterocycles. The van der Waals surface area contributed by atoms with Crippen LogP contribution in [0.15, 0.2) is 18.2 Å². The molecule has 2 saturated carbocycles. The minimum absolute atomic E-state index is 0.230. The van der Waals surface area contributed by atoms with E-state index in [4.69, 9.17) is 16.3 Å². The second kappa shape index (κ2) is 6.46. The Balaban J connectivity index is 1.47. The Hall–Kier alpha value is -2.28. The predicted octanol–water partition coefficient (Wildman–Crippen LogP) is 2.13. The molecule has 2 aliphatic carbocycles. The van der Waals surface area contributed by atoms with Crippen molar-refractivity contribution in [2.45, 2.75) is 56.2 Å². The van der Waals surface area contributed by atoms with Crippen molar-refractivity contribution in [3.8, 4) is 5.75 Å².